The van der Waals surface area contributed by atoms with Gasteiger partial charge in [-0.05, 0) is 42.7 Å². The number of carboxylic acids is 1. The molecule has 1 aromatic heterocycles. The van der Waals surface area contributed by atoms with Gasteiger partial charge >= 0.3 is 5.97 Å². The predicted octanol–water partition coefficient (Wildman–Crippen LogP) is 4.65. The molecule has 1 heterocycles. The van der Waals surface area contributed by atoms with Crippen LogP contribution in [0.25, 0.3) is 0 Å². The normalized spacial score (nSPS) is 10.9. The molecule has 0 aliphatic heterocycles. The molecule has 0 atom stereocenters. The highest BCUT2D eigenvalue weighted by Crippen LogP contribution is 2.26. The molecule has 22 heavy (non-hydrogen) atoms. The number of rotatable bonds is 7. The number of benzene rings is 1. The fourth-order valence-corrected chi connectivity index (χ4v) is 2.20. The smallest absolute Gasteiger partial charge is 0.371 e. The highest BCUT2D eigenvalue weighted by Gasteiger charge is 2.12. The van der Waals surface area contributed by atoms with E-state index < -0.39 is 5.97 Å². The van der Waals surface area contributed by atoms with E-state index in [9.17, 15) is 4.79 Å². The van der Waals surface area contributed by atoms with Gasteiger partial charge < -0.3 is 14.3 Å². The van der Waals surface area contributed by atoms with E-state index in [0.29, 0.717) is 29.7 Å². The molecule has 2 rings (SSSR count). The third-order valence-electron chi connectivity index (χ3n) is 3.21. The van der Waals surface area contributed by atoms with Gasteiger partial charge in [0.05, 0.1) is 6.61 Å². The topological polar surface area (TPSA) is 59.7 Å². The van der Waals surface area contributed by atoms with Crippen molar-refractivity contribution in [2.45, 2.75) is 26.7 Å². The van der Waals surface area contributed by atoms with Crippen LogP contribution in [0, 0.1) is 5.92 Å². The lowest BCUT2D eigenvalue weighted by Crippen LogP contribution is -2.03. The molecule has 0 unspecified atom stereocenters. The maximum Gasteiger partial charge on any atom is 0.371 e. The summed E-state index contributed by atoms with van der Waals surface area (Å²) in [5.41, 5.74) is 0.877. The number of furan rings is 1. The van der Waals surface area contributed by atoms with Crippen molar-refractivity contribution in [1.82, 2.24) is 0 Å². The summed E-state index contributed by atoms with van der Waals surface area (Å²) in [6, 6.07) is 8.53. The van der Waals surface area contributed by atoms with Gasteiger partial charge in [-0.25, -0.2) is 4.79 Å². The van der Waals surface area contributed by atoms with Gasteiger partial charge in [-0.2, -0.15) is 0 Å². The summed E-state index contributed by atoms with van der Waals surface area (Å²) < 4.78 is 11.1. The van der Waals surface area contributed by atoms with E-state index in [1.807, 2.05) is 12.1 Å². The number of halogens is 1. The van der Waals surface area contributed by atoms with E-state index in [0.717, 1.165) is 17.7 Å². The van der Waals surface area contributed by atoms with Gasteiger partial charge in [0.1, 0.15) is 11.5 Å². The molecule has 1 aromatic carbocycles. The van der Waals surface area contributed by atoms with Gasteiger partial charge in [-0.15, -0.1) is 0 Å². The van der Waals surface area contributed by atoms with Crippen molar-refractivity contribution in [1.29, 1.82) is 0 Å². The Labute approximate surface area is 134 Å². The highest BCUT2D eigenvalue weighted by molar-refractivity contribution is 6.30. The molecule has 0 saturated heterocycles. The molecule has 5 heteroatoms. The summed E-state index contributed by atoms with van der Waals surface area (Å²) in [5, 5.41) is 9.50. The Morgan fingerprint density at radius 2 is 2.09 bits per heavy atom. The van der Waals surface area contributed by atoms with E-state index in [-0.39, 0.29) is 5.76 Å². The van der Waals surface area contributed by atoms with E-state index in [1.165, 1.54) is 6.07 Å². The minimum Gasteiger partial charge on any atom is -0.493 e. The van der Waals surface area contributed by atoms with E-state index in [4.69, 9.17) is 25.9 Å². The van der Waals surface area contributed by atoms with Crippen LogP contribution in [0.5, 0.6) is 5.75 Å². The molecule has 0 aliphatic carbocycles. The Balaban J connectivity index is 2.13. The average molecular weight is 323 g/mol. The Bertz CT molecular complexity index is 646. The van der Waals surface area contributed by atoms with E-state index in [2.05, 4.69) is 13.8 Å². The fourth-order valence-electron chi connectivity index (χ4n) is 2.01. The number of hydrogen-bond acceptors (Lipinski definition) is 3. The van der Waals surface area contributed by atoms with Crippen LogP contribution >= 0.6 is 11.6 Å². The lowest BCUT2D eigenvalue weighted by molar-refractivity contribution is 0.0660. The second-order valence-corrected chi connectivity index (χ2v) is 5.97. The predicted molar refractivity (Wildman–Crippen MR) is 84.9 cm³/mol. The van der Waals surface area contributed by atoms with Crippen LogP contribution < -0.4 is 4.74 Å². The second-order valence-electron chi connectivity index (χ2n) is 5.53. The lowest BCUT2D eigenvalue weighted by atomic mass is 10.1. The number of aromatic carboxylic acids is 1. The summed E-state index contributed by atoms with van der Waals surface area (Å²) in [4.78, 5) is 10.9. The fraction of sp³-hybridized carbons (Fsp3) is 0.353. The maximum absolute atomic E-state index is 10.9. The molecular formula is C17H19ClO4. The quantitative estimate of drug-likeness (QED) is 0.806. The Morgan fingerprint density at radius 1 is 1.32 bits per heavy atom. The van der Waals surface area contributed by atoms with E-state index in [1.54, 1.807) is 12.1 Å². The van der Waals surface area contributed by atoms with Gasteiger partial charge in [-0.1, -0.05) is 25.4 Å². The molecule has 0 amide bonds. The Morgan fingerprint density at radius 3 is 2.73 bits per heavy atom. The average Bonchev–Trinajstić information content (AvgIpc) is 2.89. The minimum absolute atomic E-state index is 0.0701. The molecule has 1 N–H and O–H groups in total. The molecule has 0 spiro atoms. The summed E-state index contributed by atoms with van der Waals surface area (Å²) in [7, 11) is 0. The van der Waals surface area contributed by atoms with Crippen molar-refractivity contribution in [3.05, 3.63) is 52.4 Å². The molecule has 0 saturated carbocycles. The van der Waals surface area contributed by atoms with Crippen molar-refractivity contribution in [2.75, 3.05) is 6.61 Å². The molecule has 118 valence electrons. The van der Waals surface area contributed by atoms with Crippen molar-refractivity contribution in [2.24, 2.45) is 5.92 Å². The van der Waals surface area contributed by atoms with Crippen molar-refractivity contribution < 1.29 is 19.1 Å². The first-order valence-electron chi connectivity index (χ1n) is 7.19. The van der Waals surface area contributed by atoms with Crippen LogP contribution in [0.15, 0.2) is 34.7 Å². The molecular weight excluding hydrogens is 304 g/mol. The van der Waals surface area contributed by atoms with Gasteiger partial charge in [0, 0.05) is 17.0 Å². The van der Waals surface area contributed by atoms with Crippen LogP contribution in [-0.4, -0.2) is 17.7 Å². The monoisotopic (exact) mass is 322 g/mol. The van der Waals surface area contributed by atoms with Crippen LogP contribution in [0.4, 0.5) is 0 Å². The lowest BCUT2D eigenvalue weighted by Gasteiger charge is -2.12. The standard InChI is InChI=1S/C17H19ClO4/c1-11(2)7-8-21-15-5-3-13(18)9-12(15)10-14-4-6-16(22-14)17(19)20/h3-6,9,11H,7-8,10H2,1-2H3,(H,19,20). The zero-order valence-corrected chi connectivity index (χ0v) is 13.4. The number of hydrogen-bond donors (Lipinski definition) is 1. The molecule has 0 bridgehead atoms. The van der Waals surface area contributed by atoms with Crippen LogP contribution in [-0.2, 0) is 6.42 Å². The molecule has 4 nitrogen and oxygen atoms in total. The molecule has 0 radical (unpaired) electrons. The Kier molecular flexibility index (Phi) is 5.50. The maximum atomic E-state index is 10.9. The first-order valence-corrected chi connectivity index (χ1v) is 7.56. The molecule has 0 fully saturated rings. The minimum atomic E-state index is -1.08. The first-order chi connectivity index (χ1) is 10.5. The number of carboxylic acid groups (broad SMARTS) is 1. The van der Waals surface area contributed by atoms with Crippen molar-refractivity contribution in [3.8, 4) is 5.75 Å². The third kappa shape index (κ3) is 4.53. The van der Waals surface area contributed by atoms with Gasteiger partial charge in [0.15, 0.2) is 0 Å². The van der Waals surface area contributed by atoms with Gasteiger partial charge in [0.2, 0.25) is 5.76 Å². The SMILES string of the molecule is CC(C)CCOc1ccc(Cl)cc1Cc1ccc(C(=O)O)o1. The third-order valence-corrected chi connectivity index (χ3v) is 3.45. The highest BCUT2D eigenvalue weighted by atomic mass is 35.5. The Hall–Kier alpha value is -1.94. The van der Waals surface area contributed by atoms with Gasteiger partial charge in [0.25, 0.3) is 0 Å². The van der Waals surface area contributed by atoms with Crippen molar-refractivity contribution >= 4 is 17.6 Å². The molecule has 2 aromatic rings. The van der Waals surface area contributed by atoms with Crippen LogP contribution in [0.3, 0.4) is 0 Å². The summed E-state index contributed by atoms with van der Waals surface area (Å²) in [5.74, 6) is 0.732. The first kappa shape index (κ1) is 16.4. The summed E-state index contributed by atoms with van der Waals surface area (Å²) in [6.45, 7) is 4.91. The number of ether oxygens (including phenoxy) is 1. The van der Waals surface area contributed by atoms with Gasteiger partial charge in [-0.3, -0.25) is 0 Å². The second kappa shape index (κ2) is 7.36. The van der Waals surface area contributed by atoms with Crippen molar-refractivity contribution in [3.63, 3.8) is 0 Å². The summed E-state index contributed by atoms with van der Waals surface area (Å²) >= 11 is 6.04. The summed E-state index contributed by atoms with van der Waals surface area (Å²) in [6.07, 6.45) is 1.40. The zero-order valence-electron chi connectivity index (χ0n) is 12.6. The van der Waals surface area contributed by atoms with E-state index >= 15 is 0 Å². The number of carbonyl (C=O) groups is 1. The van der Waals surface area contributed by atoms with Crippen LogP contribution in [0.1, 0.15) is 42.1 Å². The van der Waals surface area contributed by atoms with Crippen LogP contribution in [0.2, 0.25) is 5.02 Å². The largest absolute Gasteiger partial charge is 0.493 e. The zero-order chi connectivity index (χ0) is 16.1. The molecule has 0 aliphatic rings.